The highest BCUT2D eigenvalue weighted by Crippen LogP contribution is 2.43. The van der Waals surface area contributed by atoms with Crippen molar-refractivity contribution in [3.05, 3.63) is 54.0 Å². The monoisotopic (exact) mass is 549 g/mol. The van der Waals surface area contributed by atoms with Crippen molar-refractivity contribution in [2.45, 2.75) is 64.2 Å². The Morgan fingerprint density at radius 3 is 1.81 bits per heavy atom. The molecule has 0 saturated carbocycles. The van der Waals surface area contributed by atoms with Crippen molar-refractivity contribution in [1.82, 2.24) is 14.9 Å². The summed E-state index contributed by atoms with van der Waals surface area (Å²) in [6.45, 7) is 9.77. The highest BCUT2D eigenvalue weighted by atomic mass is 32.2. The summed E-state index contributed by atoms with van der Waals surface area (Å²) in [5, 5.41) is 30.5. The zero-order valence-corrected chi connectivity index (χ0v) is 22.1. The second-order valence-electron chi connectivity index (χ2n) is 8.82. The van der Waals surface area contributed by atoms with Crippen LogP contribution in [0, 0.1) is 20.2 Å². The molecule has 2 rings (SSSR count). The molecule has 37 heavy (non-hydrogen) atoms. The number of anilines is 1. The predicted molar refractivity (Wildman–Crippen MR) is 134 cm³/mol. The highest BCUT2D eigenvalue weighted by Gasteiger charge is 2.39. The van der Waals surface area contributed by atoms with Crippen molar-refractivity contribution in [1.29, 1.82) is 0 Å². The van der Waals surface area contributed by atoms with E-state index in [0.717, 1.165) is 4.68 Å². The van der Waals surface area contributed by atoms with Crippen molar-refractivity contribution < 1.29 is 23.0 Å². The molecule has 0 aliphatic carbocycles. The van der Waals surface area contributed by atoms with E-state index in [1.807, 2.05) is 20.8 Å². The molecular weight excluding hydrogens is 519 g/mol. The Bertz CT molecular complexity index is 1140. The first-order valence-electron chi connectivity index (χ1n) is 11.1. The number of aromatic nitrogens is 3. The molecule has 0 aliphatic heterocycles. The van der Waals surface area contributed by atoms with Crippen molar-refractivity contribution in [3.63, 3.8) is 0 Å². The van der Waals surface area contributed by atoms with Crippen molar-refractivity contribution in [3.8, 4) is 0 Å². The standard InChI is InChI=1S/C13H16F3N3O4.C8H14N4OS/c1-3-5-17(6-4-2)12-10(18(20)21)7-9(13(14,15)16)8-11(12)19(22)23;1-8(2,3)5-6(13)12(9)7(14-4)11-10-5/h7-8H,3-6H2,1-2H3;9H2,1-4H3. The van der Waals surface area contributed by atoms with Gasteiger partial charge in [0.05, 0.1) is 15.4 Å². The van der Waals surface area contributed by atoms with E-state index in [0.29, 0.717) is 35.8 Å². The number of nitrogen functional groups attached to an aromatic ring is 1. The first-order chi connectivity index (χ1) is 17.0. The molecule has 16 heteroatoms. The largest absolute Gasteiger partial charge is 0.416 e. The minimum absolute atomic E-state index is 0.265. The molecule has 2 N–H and O–H groups in total. The Balaban J connectivity index is 0.000000417. The summed E-state index contributed by atoms with van der Waals surface area (Å²) >= 11 is 1.29. The fourth-order valence-corrected chi connectivity index (χ4v) is 3.64. The fourth-order valence-electron chi connectivity index (χ4n) is 3.24. The summed E-state index contributed by atoms with van der Waals surface area (Å²) in [5.74, 6) is 5.57. The second kappa shape index (κ2) is 12.7. The van der Waals surface area contributed by atoms with Crippen LogP contribution in [0.25, 0.3) is 0 Å². The van der Waals surface area contributed by atoms with E-state index < -0.39 is 33.0 Å². The zero-order valence-electron chi connectivity index (χ0n) is 21.3. The van der Waals surface area contributed by atoms with Crippen LogP contribution in [0.1, 0.15) is 58.7 Å². The van der Waals surface area contributed by atoms with Gasteiger partial charge in [0.2, 0.25) is 5.16 Å². The number of nitro groups is 2. The Morgan fingerprint density at radius 2 is 1.49 bits per heavy atom. The van der Waals surface area contributed by atoms with E-state index >= 15 is 0 Å². The quantitative estimate of drug-likeness (QED) is 0.214. The lowest BCUT2D eigenvalue weighted by molar-refractivity contribution is -0.393. The third-order valence-electron chi connectivity index (χ3n) is 4.85. The van der Waals surface area contributed by atoms with E-state index in [4.69, 9.17) is 5.84 Å². The minimum Gasteiger partial charge on any atom is -0.360 e. The molecule has 1 aromatic carbocycles. The molecule has 12 nitrogen and oxygen atoms in total. The van der Waals surface area contributed by atoms with Crippen LogP contribution in [0.5, 0.6) is 0 Å². The van der Waals surface area contributed by atoms with Gasteiger partial charge in [0, 0.05) is 30.6 Å². The molecule has 0 amide bonds. The molecular formula is C21H30F3N7O5S. The summed E-state index contributed by atoms with van der Waals surface area (Å²) in [6.07, 6.45) is -2.04. The lowest BCUT2D eigenvalue weighted by atomic mass is 9.93. The van der Waals surface area contributed by atoms with Crippen LogP contribution in [0.3, 0.4) is 0 Å². The number of nitro benzene ring substituents is 2. The molecule has 0 aliphatic rings. The van der Waals surface area contributed by atoms with Crippen LogP contribution < -0.4 is 16.3 Å². The molecule has 1 aromatic heterocycles. The summed E-state index contributed by atoms with van der Waals surface area (Å²) in [4.78, 5) is 33.4. The first kappa shape index (κ1) is 31.6. The molecule has 0 unspecified atom stereocenters. The smallest absolute Gasteiger partial charge is 0.360 e. The van der Waals surface area contributed by atoms with Crippen LogP contribution in [0.2, 0.25) is 0 Å². The zero-order chi connectivity index (χ0) is 28.7. The highest BCUT2D eigenvalue weighted by molar-refractivity contribution is 7.98. The van der Waals surface area contributed by atoms with Crippen LogP contribution in [0.15, 0.2) is 22.1 Å². The van der Waals surface area contributed by atoms with Crippen LogP contribution >= 0.6 is 11.8 Å². The second-order valence-corrected chi connectivity index (χ2v) is 9.60. The molecule has 0 saturated heterocycles. The molecule has 206 valence electrons. The van der Waals surface area contributed by atoms with Crippen molar-refractivity contribution in [2.24, 2.45) is 0 Å². The van der Waals surface area contributed by atoms with Gasteiger partial charge >= 0.3 is 6.18 Å². The summed E-state index contributed by atoms with van der Waals surface area (Å²) < 4.78 is 39.6. The van der Waals surface area contributed by atoms with Gasteiger partial charge in [0.25, 0.3) is 16.9 Å². The van der Waals surface area contributed by atoms with E-state index in [1.54, 1.807) is 20.1 Å². The topological polar surface area (TPSA) is 163 Å². The Morgan fingerprint density at radius 1 is 1.03 bits per heavy atom. The SMILES string of the molecule is CCCN(CCC)c1c([N+](=O)[O-])cc(C(F)(F)F)cc1[N+](=O)[O-].CSc1nnc(C(C)(C)C)c(=O)n1N. The number of thioether (sulfide) groups is 1. The number of alkyl halides is 3. The van der Waals surface area contributed by atoms with Crippen LogP contribution in [-0.2, 0) is 11.6 Å². The molecule has 0 fully saturated rings. The first-order valence-corrected chi connectivity index (χ1v) is 12.3. The van der Waals surface area contributed by atoms with Gasteiger partial charge in [0.1, 0.15) is 5.69 Å². The third kappa shape index (κ3) is 8.03. The van der Waals surface area contributed by atoms with Gasteiger partial charge in [-0.15, -0.1) is 10.2 Å². The van der Waals surface area contributed by atoms with Gasteiger partial charge in [-0.25, -0.2) is 0 Å². The minimum atomic E-state index is -4.91. The molecule has 1 heterocycles. The molecule has 0 spiro atoms. The Hall–Kier alpha value is -3.43. The maximum absolute atomic E-state index is 12.8. The number of halogens is 3. The van der Waals surface area contributed by atoms with E-state index in [-0.39, 0.29) is 29.8 Å². The number of rotatable bonds is 8. The Labute approximate surface area is 215 Å². The number of hydrogen-bond donors (Lipinski definition) is 1. The normalized spacial score (nSPS) is 11.5. The summed E-state index contributed by atoms with van der Waals surface area (Å²) in [5.41, 5.74) is -3.83. The van der Waals surface area contributed by atoms with Crippen molar-refractivity contribution >= 4 is 28.8 Å². The maximum atomic E-state index is 12.8. The fraction of sp³-hybridized carbons (Fsp3) is 0.571. The lowest BCUT2D eigenvalue weighted by Crippen LogP contribution is -2.37. The van der Waals surface area contributed by atoms with E-state index in [9.17, 15) is 38.2 Å². The molecule has 0 bridgehead atoms. The van der Waals surface area contributed by atoms with Gasteiger partial charge in [-0.1, -0.05) is 46.4 Å². The van der Waals surface area contributed by atoms with Gasteiger partial charge in [-0.05, 0) is 19.1 Å². The lowest BCUT2D eigenvalue weighted by Gasteiger charge is -2.23. The molecule has 0 atom stereocenters. The predicted octanol–water partition coefficient (Wildman–Crippen LogP) is 4.52. The number of nitrogens with zero attached hydrogens (tertiary/aromatic N) is 6. The van der Waals surface area contributed by atoms with Crippen LogP contribution in [0.4, 0.5) is 30.2 Å². The molecule has 2 aromatic rings. The number of hydrogen-bond acceptors (Lipinski definition) is 10. The van der Waals surface area contributed by atoms with E-state index in [1.165, 1.54) is 16.7 Å². The summed E-state index contributed by atoms with van der Waals surface area (Å²) in [7, 11) is 0. The number of nitrogens with two attached hydrogens (primary N) is 1. The maximum Gasteiger partial charge on any atom is 0.416 e. The van der Waals surface area contributed by atoms with Crippen LogP contribution in [-0.4, -0.2) is 44.1 Å². The number of benzene rings is 1. The average Bonchev–Trinajstić information content (AvgIpc) is 2.78. The third-order valence-corrected chi connectivity index (χ3v) is 5.49. The summed E-state index contributed by atoms with van der Waals surface area (Å²) in [6, 6.07) is 0.696. The molecule has 0 radical (unpaired) electrons. The van der Waals surface area contributed by atoms with Gasteiger partial charge in [-0.3, -0.25) is 25.0 Å². The van der Waals surface area contributed by atoms with E-state index in [2.05, 4.69) is 10.2 Å². The van der Waals surface area contributed by atoms with Gasteiger partial charge in [-0.2, -0.15) is 17.8 Å². The van der Waals surface area contributed by atoms with Gasteiger partial charge < -0.3 is 10.7 Å². The Kier molecular flexibility index (Phi) is 10.8. The van der Waals surface area contributed by atoms with Gasteiger partial charge in [0.15, 0.2) is 5.69 Å². The van der Waals surface area contributed by atoms with Crippen molar-refractivity contribution in [2.75, 3.05) is 30.1 Å². The average molecular weight is 550 g/mol.